The van der Waals surface area contributed by atoms with Crippen molar-refractivity contribution in [1.82, 2.24) is 4.90 Å². The maximum atomic E-state index is 12.2. The van der Waals surface area contributed by atoms with E-state index in [9.17, 15) is 9.90 Å². The first-order chi connectivity index (χ1) is 9.35. The van der Waals surface area contributed by atoms with Crippen LogP contribution in [0.15, 0.2) is 24.3 Å². The van der Waals surface area contributed by atoms with Crippen LogP contribution in [-0.2, 0) is 16.1 Å². The zero-order valence-electron chi connectivity index (χ0n) is 12.4. The first-order valence-corrected chi connectivity index (χ1v) is 7.10. The van der Waals surface area contributed by atoms with Crippen LogP contribution in [0.3, 0.4) is 0 Å². The molecule has 110 valence electrons. The SMILES string of the molecule is CC(C)(C)OC(=O)[C@@H]1CCCN1Cc1ccc(O)cc1. The van der Waals surface area contributed by atoms with Gasteiger partial charge in [0.25, 0.3) is 0 Å². The van der Waals surface area contributed by atoms with E-state index in [2.05, 4.69) is 4.90 Å². The Kier molecular flexibility index (Phi) is 4.33. The summed E-state index contributed by atoms with van der Waals surface area (Å²) in [5.41, 5.74) is 0.655. The van der Waals surface area contributed by atoms with E-state index in [1.54, 1.807) is 12.1 Å². The minimum absolute atomic E-state index is 0.131. The van der Waals surface area contributed by atoms with Gasteiger partial charge in [-0.3, -0.25) is 9.69 Å². The molecule has 0 aromatic heterocycles. The minimum Gasteiger partial charge on any atom is -0.508 e. The molecule has 1 aromatic rings. The van der Waals surface area contributed by atoms with E-state index in [1.165, 1.54) is 0 Å². The zero-order chi connectivity index (χ0) is 14.8. The second-order valence-corrected chi connectivity index (χ2v) is 6.33. The van der Waals surface area contributed by atoms with Crippen molar-refractivity contribution in [2.24, 2.45) is 0 Å². The number of aromatic hydroxyl groups is 1. The molecule has 0 radical (unpaired) electrons. The van der Waals surface area contributed by atoms with Crippen molar-refractivity contribution >= 4 is 5.97 Å². The first kappa shape index (κ1) is 14.9. The Morgan fingerprint density at radius 3 is 2.60 bits per heavy atom. The number of phenols is 1. The zero-order valence-corrected chi connectivity index (χ0v) is 12.4. The molecule has 4 heteroatoms. The molecule has 1 aliphatic rings. The lowest BCUT2D eigenvalue weighted by Crippen LogP contribution is -2.40. The summed E-state index contributed by atoms with van der Waals surface area (Å²) < 4.78 is 5.49. The standard InChI is InChI=1S/C16H23NO3/c1-16(2,3)20-15(19)14-5-4-10-17(14)11-12-6-8-13(18)9-7-12/h6-9,14,18H,4-5,10-11H2,1-3H3/t14-/m0/s1. The highest BCUT2D eigenvalue weighted by Gasteiger charge is 2.33. The Labute approximate surface area is 120 Å². The second kappa shape index (κ2) is 5.83. The fourth-order valence-corrected chi connectivity index (χ4v) is 2.49. The summed E-state index contributed by atoms with van der Waals surface area (Å²) in [6.07, 6.45) is 1.87. The van der Waals surface area contributed by atoms with Crippen molar-refractivity contribution in [2.45, 2.75) is 51.8 Å². The molecule has 1 heterocycles. The van der Waals surface area contributed by atoms with Gasteiger partial charge in [-0.15, -0.1) is 0 Å². The number of rotatable bonds is 3. The number of phenolic OH excluding ortho intramolecular Hbond substituents is 1. The van der Waals surface area contributed by atoms with Gasteiger partial charge in [-0.1, -0.05) is 12.1 Å². The highest BCUT2D eigenvalue weighted by molar-refractivity contribution is 5.76. The van der Waals surface area contributed by atoms with E-state index in [0.717, 1.165) is 24.9 Å². The van der Waals surface area contributed by atoms with E-state index in [1.807, 2.05) is 32.9 Å². The number of ether oxygens (including phenoxy) is 1. The van der Waals surface area contributed by atoms with Gasteiger partial charge >= 0.3 is 5.97 Å². The van der Waals surface area contributed by atoms with Gasteiger partial charge in [0.1, 0.15) is 17.4 Å². The topological polar surface area (TPSA) is 49.8 Å². The molecule has 1 fully saturated rings. The van der Waals surface area contributed by atoms with Crippen LogP contribution in [0, 0.1) is 0 Å². The summed E-state index contributed by atoms with van der Waals surface area (Å²) in [7, 11) is 0. The second-order valence-electron chi connectivity index (χ2n) is 6.33. The van der Waals surface area contributed by atoms with Crippen LogP contribution in [0.1, 0.15) is 39.2 Å². The number of carbonyl (C=O) groups excluding carboxylic acids is 1. The largest absolute Gasteiger partial charge is 0.508 e. The van der Waals surface area contributed by atoms with Crippen LogP contribution in [0.25, 0.3) is 0 Å². The lowest BCUT2D eigenvalue weighted by atomic mass is 10.1. The maximum Gasteiger partial charge on any atom is 0.323 e. The van der Waals surface area contributed by atoms with E-state index < -0.39 is 5.60 Å². The van der Waals surface area contributed by atoms with Crippen molar-refractivity contribution in [3.05, 3.63) is 29.8 Å². The predicted octanol–water partition coefficient (Wildman–Crippen LogP) is 2.70. The van der Waals surface area contributed by atoms with Gasteiger partial charge in [0, 0.05) is 6.54 Å². The highest BCUT2D eigenvalue weighted by atomic mass is 16.6. The average molecular weight is 277 g/mol. The Hall–Kier alpha value is -1.55. The fraction of sp³-hybridized carbons (Fsp3) is 0.562. The van der Waals surface area contributed by atoms with Gasteiger partial charge in [-0.2, -0.15) is 0 Å². The van der Waals surface area contributed by atoms with Crippen LogP contribution < -0.4 is 0 Å². The molecule has 0 saturated carbocycles. The van der Waals surface area contributed by atoms with Crippen LogP contribution in [0.4, 0.5) is 0 Å². The van der Waals surface area contributed by atoms with Crippen molar-refractivity contribution in [3.8, 4) is 5.75 Å². The molecular weight excluding hydrogens is 254 g/mol. The lowest BCUT2D eigenvalue weighted by molar-refractivity contribution is -0.160. The van der Waals surface area contributed by atoms with E-state index >= 15 is 0 Å². The normalized spacial score (nSPS) is 20.1. The van der Waals surface area contributed by atoms with Gasteiger partial charge in [-0.05, 0) is 57.9 Å². The van der Waals surface area contributed by atoms with Crippen LogP contribution >= 0.6 is 0 Å². The summed E-state index contributed by atoms with van der Waals surface area (Å²) in [5.74, 6) is 0.132. The lowest BCUT2D eigenvalue weighted by Gasteiger charge is -2.27. The Morgan fingerprint density at radius 2 is 2.00 bits per heavy atom. The third kappa shape index (κ3) is 3.97. The van der Waals surface area contributed by atoms with Crippen molar-refractivity contribution in [3.63, 3.8) is 0 Å². The van der Waals surface area contributed by atoms with Gasteiger partial charge in [0.2, 0.25) is 0 Å². The Bertz CT molecular complexity index is 462. The molecule has 0 spiro atoms. The molecular formula is C16H23NO3. The molecule has 0 unspecified atom stereocenters. The molecule has 20 heavy (non-hydrogen) atoms. The third-order valence-corrected chi connectivity index (χ3v) is 3.36. The summed E-state index contributed by atoms with van der Waals surface area (Å²) in [5, 5.41) is 9.30. The van der Waals surface area contributed by atoms with E-state index in [4.69, 9.17) is 4.74 Å². The van der Waals surface area contributed by atoms with Gasteiger partial charge in [-0.25, -0.2) is 0 Å². The number of likely N-dealkylation sites (tertiary alicyclic amines) is 1. The highest BCUT2D eigenvalue weighted by Crippen LogP contribution is 2.23. The number of benzene rings is 1. The van der Waals surface area contributed by atoms with Crippen LogP contribution in [0.2, 0.25) is 0 Å². The smallest absolute Gasteiger partial charge is 0.323 e. The molecule has 0 aliphatic carbocycles. The number of carbonyl (C=O) groups is 1. The predicted molar refractivity (Wildman–Crippen MR) is 77.4 cm³/mol. The van der Waals surface area contributed by atoms with Gasteiger partial charge in [0.05, 0.1) is 0 Å². The molecule has 0 amide bonds. The van der Waals surface area contributed by atoms with Crippen LogP contribution in [-0.4, -0.2) is 34.2 Å². The number of esters is 1. The van der Waals surface area contributed by atoms with Crippen molar-refractivity contribution in [1.29, 1.82) is 0 Å². The third-order valence-electron chi connectivity index (χ3n) is 3.36. The molecule has 1 aliphatic heterocycles. The quantitative estimate of drug-likeness (QED) is 0.863. The molecule has 1 aromatic carbocycles. The maximum absolute atomic E-state index is 12.2. The summed E-state index contributed by atoms with van der Waals surface area (Å²) >= 11 is 0. The minimum atomic E-state index is -0.441. The number of hydrogen-bond acceptors (Lipinski definition) is 4. The fourth-order valence-electron chi connectivity index (χ4n) is 2.49. The van der Waals surface area contributed by atoms with Gasteiger partial charge in [0.15, 0.2) is 0 Å². The first-order valence-electron chi connectivity index (χ1n) is 7.10. The summed E-state index contributed by atoms with van der Waals surface area (Å²) in [4.78, 5) is 14.4. The average Bonchev–Trinajstić information content (AvgIpc) is 2.78. The molecule has 0 bridgehead atoms. The Balaban J connectivity index is 2.00. The molecule has 1 saturated heterocycles. The number of hydrogen-bond donors (Lipinski definition) is 1. The monoisotopic (exact) mass is 277 g/mol. The van der Waals surface area contributed by atoms with Gasteiger partial charge < -0.3 is 9.84 Å². The summed E-state index contributed by atoms with van der Waals surface area (Å²) in [6.45, 7) is 7.30. The number of nitrogens with zero attached hydrogens (tertiary/aromatic N) is 1. The van der Waals surface area contributed by atoms with Crippen molar-refractivity contribution in [2.75, 3.05) is 6.54 Å². The summed E-state index contributed by atoms with van der Waals surface area (Å²) in [6, 6.07) is 6.98. The Morgan fingerprint density at radius 1 is 1.35 bits per heavy atom. The van der Waals surface area contributed by atoms with Crippen LogP contribution in [0.5, 0.6) is 5.75 Å². The molecule has 1 N–H and O–H groups in total. The van der Waals surface area contributed by atoms with Crippen molar-refractivity contribution < 1.29 is 14.6 Å². The van der Waals surface area contributed by atoms with E-state index in [-0.39, 0.29) is 17.8 Å². The molecule has 2 rings (SSSR count). The molecule has 1 atom stereocenters. The van der Waals surface area contributed by atoms with E-state index in [0.29, 0.717) is 6.54 Å². The molecule has 4 nitrogen and oxygen atoms in total.